The first-order valence-electron chi connectivity index (χ1n) is 7.50. The van der Waals surface area contributed by atoms with Crippen molar-refractivity contribution >= 4 is 11.6 Å². The van der Waals surface area contributed by atoms with Gasteiger partial charge in [-0.05, 0) is 57.1 Å². The molecule has 21 heavy (non-hydrogen) atoms. The van der Waals surface area contributed by atoms with Crippen molar-refractivity contribution in [3.05, 3.63) is 29.8 Å². The van der Waals surface area contributed by atoms with Gasteiger partial charge in [-0.25, -0.2) is 0 Å². The van der Waals surface area contributed by atoms with Gasteiger partial charge in [-0.15, -0.1) is 0 Å². The minimum absolute atomic E-state index is 0.00218. The van der Waals surface area contributed by atoms with Crippen molar-refractivity contribution in [1.82, 2.24) is 4.90 Å². The Morgan fingerprint density at radius 2 is 2.14 bits per heavy atom. The molecule has 0 bridgehead atoms. The Morgan fingerprint density at radius 1 is 1.38 bits per heavy atom. The highest BCUT2D eigenvalue weighted by Gasteiger charge is 2.05. The highest BCUT2D eigenvalue weighted by atomic mass is 16.1. The topological polar surface area (TPSA) is 56.1 Å². The van der Waals surface area contributed by atoms with Crippen LogP contribution in [0.3, 0.4) is 0 Å². The van der Waals surface area contributed by atoms with Gasteiger partial charge in [0, 0.05) is 12.1 Å². The van der Waals surface area contributed by atoms with Gasteiger partial charge in [-0.3, -0.25) is 4.79 Å². The lowest BCUT2D eigenvalue weighted by Gasteiger charge is -2.17. The third kappa shape index (κ3) is 7.48. The minimum Gasteiger partial charge on any atom is -0.326 e. The molecule has 4 nitrogen and oxygen atoms in total. The third-order valence-corrected chi connectivity index (χ3v) is 3.31. The highest BCUT2D eigenvalue weighted by Crippen LogP contribution is 2.10. The Kier molecular flexibility index (Phi) is 7.49. The summed E-state index contributed by atoms with van der Waals surface area (Å²) >= 11 is 0. The molecule has 0 saturated heterocycles. The summed E-state index contributed by atoms with van der Waals surface area (Å²) in [7, 11) is 2.09. The molecule has 0 aromatic heterocycles. The van der Waals surface area contributed by atoms with Crippen LogP contribution in [0.25, 0.3) is 0 Å². The first-order chi connectivity index (χ1) is 10.0. The van der Waals surface area contributed by atoms with E-state index < -0.39 is 0 Å². The maximum Gasteiger partial charge on any atom is 0.224 e. The Morgan fingerprint density at radius 3 is 2.81 bits per heavy atom. The van der Waals surface area contributed by atoms with Crippen LogP contribution < -0.4 is 5.32 Å². The second kappa shape index (κ2) is 9.15. The molecule has 0 radical (unpaired) electrons. The van der Waals surface area contributed by atoms with Crippen LogP contribution in [-0.2, 0) is 4.79 Å². The molecule has 0 aliphatic rings. The lowest BCUT2D eigenvalue weighted by Crippen LogP contribution is -2.23. The van der Waals surface area contributed by atoms with Gasteiger partial charge in [0.25, 0.3) is 0 Å². The predicted octanol–water partition coefficient (Wildman–Crippen LogP) is 3.25. The van der Waals surface area contributed by atoms with E-state index >= 15 is 0 Å². The predicted molar refractivity (Wildman–Crippen MR) is 86.0 cm³/mol. The molecule has 0 fully saturated rings. The number of carbonyl (C=O) groups excluding carboxylic acids is 1. The summed E-state index contributed by atoms with van der Waals surface area (Å²) in [5, 5.41) is 11.7. The number of hydrogen-bond acceptors (Lipinski definition) is 3. The van der Waals surface area contributed by atoms with E-state index in [4.69, 9.17) is 5.26 Å². The van der Waals surface area contributed by atoms with E-state index in [9.17, 15) is 4.79 Å². The van der Waals surface area contributed by atoms with Crippen LogP contribution >= 0.6 is 0 Å². The number of nitrogens with zero attached hydrogens (tertiary/aromatic N) is 2. The highest BCUT2D eigenvalue weighted by molar-refractivity contribution is 5.90. The van der Waals surface area contributed by atoms with Crippen LogP contribution in [0.5, 0.6) is 0 Å². The Labute approximate surface area is 127 Å². The van der Waals surface area contributed by atoms with Crippen molar-refractivity contribution in [3.63, 3.8) is 0 Å². The third-order valence-electron chi connectivity index (χ3n) is 3.31. The Balaban J connectivity index is 2.26. The summed E-state index contributed by atoms with van der Waals surface area (Å²) in [5.74, 6) is 0.713. The fraction of sp³-hybridized carbons (Fsp3) is 0.529. The number of nitrogens with one attached hydrogen (secondary N) is 1. The van der Waals surface area contributed by atoms with Crippen molar-refractivity contribution in [3.8, 4) is 6.07 Å². The van der Waals surface area contributed by atoms with Crippen LogP contribution in [0.2, 0.25) is 0 Å². The van der Waals surface area contributed by atoms with Crippen molar-refractivity contribution in [2.24, 2.45) is 5.92 Å². The summed E-state index contributed by atoms with van der Waals surface area (Å²) < 4.78 is 0. The zero-order chi connectivity index (χ0) is 15.7. The van der Waals surface area contributed by atoms with Crippen LogP contribution in [0.1, 0.15) is 38.7 Å². The van der Waals surface area contributed by atoms with Crippen LogP contribution in [-0.4, -0.2) is 30.9 Å². The molecule has 0 aliphatic carbocycles. The van der Waals surface area contributed by atoms with Gasteiger partial charge < -0.3 is 10.2 Å². The average Bonchev–Trinajstić information content (AvgIpc) is 2.45. The monoisotopic (exact) mass is 287 g/mol. The summed E-state index contributed by atoms with van der Waals surface area (Å²) in [6, 6.07) is 9.04. The summed E-state index contributed by atoms with van der Waals surface area (Å²) in [4.78, 5) is 14.1. The molecule has 114 valence electrons. The van der Waals surface area contributed by atoms with E-state index in [1.165, 1.54) is 6.42 Å². The first-order valence-corrected chi connectivity index (χ1v) is 7.50. The van der Waals surface area contributed by atoms with Crippen LogP contribution in [0, 0.1) is 17.2 Å². The number of carbonyl (C=O) groups is 1. The molecule has 0 unspecified atom stereocenters. The van der Waals surface area contributed by atoms with Gasteiger partial charge in [0.1, 0.15) is 0 Å². The molecule has 1 aromatic rings. The van der Waals surface area contributed by atoms with E-state index in [1.54, 1.807) is 24.3 Å². The number of amides is 1. The van der Waals surface area contributed by atoms with Gasteiger partial charge in [0.2, 0.25) is 5.91 Å². The number of rotatable bonds is 8. The van der Waals surface area contributed by atoms with Gasteiger partial charge in [-0.1, -0.05) is 19.9 Å². The maximum atomic E-state index is 11.8. The average molecular weight is 287 g/mol. The van der Waals surface area contributed by atoms with E-state index in [0.717, 1.165) is 19.5 Å². The standard InChI is InChI=1S/C17H25N3O/c1-14(2)9-11-20(3)10-5-8-17(21)19-16-7-4-6-15(12-16)13-18/h4,6-7,12,14H,5,8-11H2,1-3H3,(H,19,21). The second-order valence-corrected chi connectivity index (χ2v) is 5.83. The van der Waals surface area contributed by atoms with Crippen molar-refractivity contribution in [2.45, 2.75) is 33.1 Å². The van der Waals surface area contributed by atoms with Crippen molar-refractivity contribution in [2.75, 3.05) is 25.5 Å². The molecule has 4 heteroatoms. The molecule has 0 atom stereocenters. The fourth-order valence-corrected chi connectivity index (χ4v) is 1.99. The number of nitriles is 1. The molecule has 0 aliphatic heterocycles. The zero-order valence-electron chi connectivity index (χ0n) is 13.2. The van der Waals surface area contributed by atoms with E-state index in [2.05, 4.69) is 37.2 Å². The molecule has 1 N–H and O–H groups in total. The van der Waals surface area contributed by atoms with Gasteiger partial charge >= 0.3 is 0 Å². The molecular formula is C17H25N3O. The molecule has 0 saturated carbocycles. The minimum atomic E-state index is 0.00218. The van der Waals surface area contributed by atoms with Gasteiger partial charge in [0.05, 0.1) is 11.6 Å². The first kappa shape index (κ1) is 17.2. The number of benzene rings is 1. The fourth-order valence-electron chi connectivity index (χ4n) is 1.99. The summed E-state index contributed by atoms with van der Waals surface area (Å²) in [6.45, 7) is 6.44. The van der Waals surface area contributed by atoms with Crippen molar-refractivity contribution in [1.29, 1.82) is 5.26 Å². The van der Waals surface area contributed by atoms with Gasteiger partial charge in [0.15, 0.2) is 0 Å². The van der Waals surface area contributed by atoms with Crippen molar-refractivity contribution < 1.29 is 4.79 Å². The lowest BCUT2D eigenvalue weighted by atomic mass is 10.1. The number of hydrogen-bond donors (Lipinski definition) is 1. The quantitative estimate of drug-likeness (QED) is 0.798. The van der Waals surface area contributed by atoms with Crippen LogP contribution in [0.15, 0.2) is 24.3 Å². The number of anilines is 1. The largest absolute Gasteiger partial charge is 0.326 e. The zero-order valence-corrected chi connectivity index (χ0v) is 13.2. The molecular weight excluding hydrogens is 262 g/mol. The second-order valence-electron chi connectivity index (χ2n) is 5.83. The Hall–Kier alpha value is -1.86. The molecule has 1 rings (SSSR count). The van der Waals surface area contributed by atoms with E-state index in [1.807, 2.05) is 0 Å². The van der Waals surface area contributed by atoms with E-state index in [-0.39, 0.29) is 5.91 Å². The summed E-state index contributed by atoms with van der Waals surface area (Å²) in [5.41, 5.74) is 1.24. The SMILES string of the molecule is CC(C)CCN(C)CCCC(=O)Nc1cccc(C#N)c1. The molecule has 0 heterocycles. The summed E-state index contributed by atoms with van der Waals surface area (Å²) in [6.07, 6.45) is 2.53. The molecule has 0 spiro atoms. The van der Waals surface area contributed by atoms with E-state index in [0.29, 0.717) is 23.6 Å². The molecule has 1 aromatic carbocycles. The molecule has 1 amide bonds. The van der Waals surface area contributed by atoms with Gasteiger partial charge in [-0.2, -0.15) is 5.26 Å². The van der Waals surface area contributed by atoms with Crippen LogP contribution in [0.4, 0.5) is 5.69 Å². The lowest BCUT2D eigenvalue weighted by molar-refractivity contribution is -0.116. The maximum absolute atomic E-state index is 11.8. The normalized spacial score (nSPS) is 10.7. The Bertz CT molecular complexity index is 491. The smallest absolute Gasteiger partial charge is 0.224 e.